The summed E-state index contributed by atoms with van der Waals surface area (Å²) in [7, 11) is 1.88. The van der Waals surface area contributed by atoms with Gasteiger partial charge in [0, 0.05) is 25.3 Å². The predicted molar refractivity (Wildman–Crippen MR) is 118 cm³/mol. The Balaban J connectivity index is 1.49. The molecule has 1 aliphatic heterocycles. The molecule has 0 bridgehead atoms. The molecule has 0 radical (unpaired) electrons. The first kappa shape index (κ1) is 22.3. The van der Waals surface area contributed by atoms with E-state index < -0.39 is 0 Å². The third-order valence-electron chi connectivity index (χ3n) is 6.01. The number of hydrogen-bond acceptors (Lipinski definition) is 5. The molecule has 2 aliphatic rings. The molecule has 1 N–H and O–H groups in total. The van der Waals surface area contributed by atoms with Crippen LogP contribution in [0.3, 0.4) is 0 Å². The molecule has 2 amide bonds. The van der Waals surface area contributed by atoms with Gasteiger partial charge in [-0.25, -0.2) is 14.4 Å². The number of nitrogens with zero attached hydrogens (tertiary/aromatic N) is 4. The van der Waals surface area contributed by atoms with Crippen LogP contribution in [-0.2, 0) is 11.3 Å². The number of hydrogen-bond donors (Lipinski definition) is 1. The van der Waals surface area contributed by atoms with Crippen LogP contribution < -0.4 is 5.32 Å². The van der Waals surface area contributed by atoms with Gasteiger partial charge in [-0.1, -0.05) is 12.1 Å². The summed E-state index contributed by atoms with van der Waals surface area (Å²) in [5.41, 5.74) is 2.05. The molecule has 1 atom stereocenters. The van der Waals surface area contributed by atoms with Gasteiger partial charge >= 0.3 is 0 Å². The number of piperidine rings is 1. The number of carbonyl (C=O) groups excluding carboxylic acids is 2. The fourth-order valence-corrected chi connectivity index (χ4v) is 4.20. The first-order chi connectivity index (χ1) is 15.4. The number of halogens is 1. The number of likely N-dealkylation sites (N-methyl/N-ethyl adjacent to an activating group) is 1. The van der Waals surface area contributed by atoms with Gasteiger partial charge in [-0.3, -0.25) is 14.5 Å². The summed E-state index contributed by atoms with van der Waals surface area (Å²) in [6.45, 7) is 3.23. The molecule has 2 fully saturated rings. The van der Waals surface area contributed by atoms with Gasteiger partial charge in [0.15, 0.2) is 0 Å². The summed E-state index contributed by atoms with van der Waals surface area (Å²) in [6, 6.07) is 6.32. The third-order valence-corrected chi connectivity index (χ3v) is 6.01. The van der Waals surface area contributed by atoms with Crippen molar-refractivity contribution < 1.29 is 14.0 Å². The van der Waals surface area contributed by atoms with E-state index in [0.29, 0.717) is 30.2 Å². The number of amides is 2. The van der Waals surface area contributed by atoms with E-state index in [2.05, 4.69) is 15.3 Å². The lowest BCUT2D eigenvalue weighted by atomic mass is 9.96. The first-order valence-corrected chi connectivity index (χ1v) is 11.3. The Bertz CT molecular complexity index is 977. The van der Waals surface area contributed by atoms with E-state index in [0.717, 1.165) is 37.7 Å². The number of benzene rings is 1. The smallest absolute Gasteiger partial charge is 0.255 e. The van der Waals surface area contributed by atoms with Crippen LogP contribution in [0.4, 0.5) is 4.39 Å². The maximum Gasteiger partial charge on any atom is 0.255 e. The second kappa shape index (κ2) is 9.73. The van der Waals surface area contributed by atoms with Crippen molar-refractivity contribution in [3.05, 3.63) is 58.9 Å². The monoisotopic (exact) mass is 439 g/mol. The average Bonchev–Trinajstić information content (AvgIpc) is 3.59. The molecule has 2 heterocycles. The Hall–Kier alpha value is -2.87. The lowest BCUT2D eigenvalue weighted by molar-refractivity contribution is -0.136. The van der Waals surface area contributed by atoms with Crippen LogP contribution >= 0.6 is 0 Å². The standard InChI is InChI=1S/C24H30FN5O2/c1-16-26-13-20(24(32)28-19-10-11-19)23(27-16)21-5-3-4-12-30(21)22(31)15-29(2)14-17-6-8-18(25)9-7-17/h6-9,13,19,21H,3-5,10-12,14-15H2,1-2H3,(H,28,32). The van der Waals surface area contributed by atoms with Crippen LogP contribution in [0.1, 0.15) is 65.6 Å². The zero-order valence-electron chi connectivity index (χ0n) is 18.7. The van der Waals surface area contributed by atoms with Crippen LogP contribution in [0, 0.1) is 12.7 Å². The summed E-state index contributed by atoms with van der Waals surface area (Å²) < 4.78 is 13.2. The first-order valence-electron chi connectivity index (χ1n) is 11.3. The molecule has 7 nitrogen and oxygen atoms in total. The Labute approximate surface area is 188 Å². The van der Waals surface area contributed by atoms with Crippen molar-refractivity contribution in [1.29, 1.82) is 0 Å². The number of likely N-dealkylation sites (tertiary alicyclic amines) is 1. The van der Waals surface area contributed by atoms with Crippen LogP contribution in [0.15, 0.2) is 30.5 Å². The van der Waals surface area contributed by atoms with Crippen molar-refractivity contribution >= 4 is 11.8 Å². The van der Waals surface area contributed by atoms with Crippen molar-refractivity contribution in [2.75, 3.05) is 20.1 Å². The number of aromatic nitrogens is 2. The molecule has 1 saturated carbocycles. The molecule has 1 unspecified atom stereocenters. The highest BCUT2D eigenvalue weighted by Crippen LogP contribution is 2.32. The summed E-state index contributed by atoms with van der Waals surface area (Å²) >= 11 is 0. The Morgan fingerprint density at radius 2 is 1.94 bits per heavy atom. The molecule has 1 aromatic heterocycles. The summed E-state index contributed by atoms with van der Waals surface area (Å²) in [5.74, 6) is 0.165. The SMILES string of the molecule is Cc1ncc(C(=O)NC2CC2)c(C2CCCCN2C(=O)CN(C)Cc2ccc(F)cc2)n1. The van der Waals surface area contributed by atoms with Crippen LogP contribution in [-0.4, -0.2) is 57.8 Å². The third kappa shape index (κ3) is 5.48. The van der Waals surface area contributed by atoms with Gasteiger partial charge in [0.1, 0.15) is 11.6 Å². The van der Waals surface area contributed by atoms with E-state index in [1.807, 2.05) is 16.8 Å². The van der Waals surface area contributed by atoms with Crippen molar-refractivity contribution in [3.8, 4) is 0 Å². The molecule has 1 aliphatic carbocycles. The van der Waals surface area contributed by atoms with Crippen LogP contribution in [0.25, 0.3) is 0 Å². The number of rotatable bonds is 7. The number of carbonyl (C=O) groups is 2. The number of aryl methyl sites for hydroxylation is 1. The van der Waals surface area contributed by atoms with E-state index in [4.69, 9.17) is 0 Å². The molecule has 4 rings (SSSR count). The minimum Gasteiger partial charge on any atom is -0.349 e. The quantitative estimate of drug-likeness (QED) is 0.718. The second-order valence-electron chi connectivity index (χ2n) is 8.86. The lowest BCUT2D eigenvalue weighted by Crippen LogP contribution is -2.44. The van der Waals surface area contributed by atoms with Crippen LogP contribution in [0.5, 0.6) is 0 Å². The second-order valence-corrected chi connectivity index (χ2v) is 8.86. The molecule has 8 heteroatoms. The lowest BCUT2D eigenvalue weighted by Gasteiger charge is -2.37. The van der Waals surface area contributed by atoms with Crippen LogP contribution in [0.2, 0.25) is 0 Å². The fraction of sp³-hybridized carbons (Fsp3) is 0.500. The van der Waals surface area contributed by atoms with Crippen molar-refractivity contribution in [2.45, 2.75) is 57.7 Å². The minimum atomic E-state index is -0.273. The van der Waals surface area contributed by atoms with E-state index in [1.54, 1.807) is 25.3 Å². The largest absolute Gasteiger partial charge is 0.349 e. The zero-order chi connectivity index (χ0) is 22.7. The maximum absolute atomic E-state index is 13.3. The molecule has 0 spiro atoms. The average molecular weight is 440 g/mol. The van der Waals surface area contributed by atoms with E-state index >= 15 is 0 Å². The topological polar surface area (TPSA) is 78.4 Å². The fourth-order valence-electron chi connectivity index (χ4n) is 4.20. The van der Waals surface area contributed by atoms with Gasteiger partial charge in [-0.2, -0.15) is 0 Å². The summed E-state index contributed by atoms with van der Waals surface area (Å²) in [4.78, 5) is 38.7. The van der Waals surface area contributed by atoms with Crippen molar-refractivity contribution in [3.63, 3.8) is 0 Å². The zero-order valence-corrected chi connectivity index (χ0v) is 18.7. The number of nitrogens with one attached hydrogen (secondary N) is 1. The Morgan fingerprint density at radius 1 is 1.19 bits per heavy atom. The van der Waals surface area contributed by atoms with Crippen molar-refractivity contribution in [2.24, 2.45) is 0 Å². The Kier molecular flexibility index (Phi) is 6.79. The van der Waals surface area contributed by atoms with Gasteiger partial charge in [0.25, 0.3) is 5.91 Å². The van der Waals surface area contributed by atoms with Gasteiger partial charge in [-0.15, -0.1) is 0 Å². The molecular formula is C24H30FN5O2. The highest BCUT2D eigenvalue weighted by Gasteiger charge is 2.33. The highest BCUT2D eigenvalue weighted by molar-refractivity contribution is 5.95. The van der Waals surface area contributed by atoms with Gasteiger partial charge in [0.2, 0.25) is 5.91 Å². The normalized spacial score (nSPS) is 18.6. The Morgan fingerprint density at radius 3 is 2.66 bits per heavy atom. The van der Waals surface area contributed by atoms with E-state index in [-0.39, 0.29) is 36.3 Å². The van der Waals surface area contributed by atoms with Gasteiger partial charge in [0.05, 0.1) is 23.8 Å². The molecule has 1 aromatic carbocycles. The van der Waals surface area contributed by atoms with Gasteiger partial charge in [-0.05, 0) is 63.8 Å². The minimum absolute atomic E-state index is 0.00382. The van der Waals surface area contributed by atoms with E-state index in [9.17, 15) is 14.0 Å². The highest BCUT2D eigenvalue weighted by atomic mass is 19.1. The summed E-state index contributed by atoms with van der Waals surface area (Å²) in [6.07, 6.45) is 6.27. The summed E-state index contributed by atoms with van der Waals surface area (Å²) in [5, 5.41) is 3.02. The maximum atomic E-state index is 13.3. The molecule has 32 heavy (non-hydrogen) atoms. The van der Waals surface area contributed by atoms with Crippen molar-refractivity contribution in [1.82, 2.24) is 25.1 Å². The molecule has 170 valence electrons. The molecule has 2 aromatic rings. The molecule has 1 saturated heterocycles. The predicted octanol–water partition coefficient (Wildman–Crippen LogP) is 3.00. The van der Waals surface area contributed by atoms with E-state index in [1.165, 1.54) is 12.1 Å². The molecular weight excluding hydrogens is 409 g/mol. The van der Waals surface area contributed by atoms with Gasteiger partial charge < -0.3 is 10.2 Å².